The molecule has 0 amide bonds. The van der Waals surface area contributed by atoms with E-state index < -0.39 is 10.0 Å². The highest BCUT2D eigenvalue weighted by Gasteiger charge is 2.17. The van der Waals surface area contributed by atoms with Crippen LogP contribution in [0, 0.1) is 0 Å². The first-order chi connectivity index (χ1) is 7.97. The lowest BCUT2D eigenvalue weighted by Gasteiger charge is -2.05. The van der Waals surface area contributed by atoms with Crippen molar-refractivity contribution in [3.63, 3.8) is 0 Å². The lowest BCUT2D eigenvalue weighted by atomic mass is 10.4. The van der Waals surface area contributed by atoms with Crippen molar-refractivity contribution in [3.05, 3.63) is 28.2 Å². The van der Waals surface area contributed by atoms with Gasteiger partial charge >= 0.3 is 0 Å². The molecular weight excluding hydrogens is 289 g/mol. The number of hydrogen-bond acceptors (Lipinski definition) is 5. The topological polar surface area (TPSA) is 101 Å². The summed E-state index contributed by atoms with van der Waals surface area (Å²) in [6.45, 7) is 0. The first-order valence-corrected chi connectivity index (χ1v) is 6.44. The van der Waals surface area contributed by atoms with E-state index in [1.54, 1.807) is 0 Å². The summed E-state index contributed by atoms with van der Waals surface area (Å²) < 4.78 is 25.8. The lowest BCUT2D eigenvalue weighted by Crippen LogP contribution is -2.14. The molecule has 10 heteroatoms. The minimum atomic E-state index is -3.83. The van der Waals surface area contributed by atoms with Crippen LogP contribution in [-0.4, -0.2) is 29.0 Å². The highest BCUT2D eigenvalue weighted by molar-refractivity contribution is 7.92. The normalized spacial score (nSPS) is 11.4. The third kappa shape index (κ3) is 2.84. The highest BCUT2D eigenvalue weighted by atomic mass is 35.5. The molecule has 7 nitrogen and oxygen atoms in total. The molecule has 0 aliphatic heterocycles. The molecule has 1 aromatic heterocycles. The van der Waals surface area contributed by atoms with Gasteiger partial charge in [0.1, 0.15) is 0 Å². The van der Waals surface area contributed by atoms with Crippen molar-refractivity contribution in [3.8, 4) is 0 Å². The highest BCUT2D eigenvalue weighted by Crippen LogP contribution is 2.23. The molecule has 0 atom stereocenters. The zero-order valence-electron chi connectivity index (χ0n) is 8.05. The van der Waals surface area contributed by atoms with Crippen LogP contribution in [0.25, 0.3) is 0 Å². The van der Waals surface area contributed by atoms with Crippen molar-refractivity contribution in [2.24, 2.45) is 0 Å². The molecule has 0 radical (unpaired) electrons. The van der Waals surface area contributed by atoms with E-state index in [4.69, 9.17) is 23.2 Å². The maximum atomic E-state index is 11.9. The van der Waals surface area contributed by atoms with Gasteiger partial charge in [-0.3, -0.25) is 0 Å². The van der Waals surface area contributed by atoms with E-state index in [1.807, 2.05) is 0 Å². The number of anilines is 1. The van der Waals surface area contributed by atoms with Crippen molar-refractivity contribution < 1.29 is 8.42 Å². The van der Waals surface area contributed by atoms with Crippen molar-refractivity contribution in [2.45, 2.75) is 4.90 Å². The Hall–Kier alpha value is -1.38. The molecule has 0 unspecified atom stereocenters. The fourth-order valence-electron chi connectivity index (χ4n) is 1.07. The van der Waals surface area contributed by atoms with Gasteiger partial charge in [-0.15, -0.1) is 5.10 Å². The van der Waals surface area contributed by atoms with E-state index in [-0.39, 0.29) is 20.9 Å². The quantitative estimate of drug-likeness (QED) is 0.888. The van der Waals surface area contributed by atoms with Gasteiger partial charge in [0, 0.05) is 10.0 Å². The van der Waals surface area contributed by atoms with Crippen LogP contribution in [0.3, 0.4) is 0 Å². The Morgan fingerprint density at radius 2 is 1.82 bits per heavy atom. The van der Waals surface area contributed by atoms with Gasteiger partial charge in [-0.25, -0.2) is 13.1 Å². The maximum absolute atomic E-state index is 11.9. The number of benzene rings is 1. The van der Waals surface area contributed by atoms with Crippen LogP contribution in [-0.2, 0) is 10.0 Å². The third-order valence-corrected chi connectivity index (χ3v) is 3.46. The molecule has 0 aliphatic rings. The number of tetrazole rings is 1. The zero-order chi connectivity index (χ0) is 12.5. The van der Waals surface area contributed by atoms with E-state index in [2.05, 4.69) is 25.3 Å². The van der Waals surface area contributed by atoms with Crippen LogP contribution < -0.4 is 4.72 Å². The van der Waals surface area contributed by atoms with Crippen LogP contribution >= 0.6 is 23.2 Å². The standard InChI is InChI=1S/C7H5Cl2N5O2S/c8-4-1-5(9)3-6(2-4)17(15,16)12-7-10-13-14-11-7/h1-3H,(H2,10,11,12,13,14). The van der Waals surface area contributed by atoms with E-state index >= 15 is 0 Å². The molecule has 2 aromatic rings. The molecule has 0 aliphatic carbocycles. The van der Waals surface area contributed by atoms with Gasteiger partial charge in [0.2, 0.25) is 0 Å². The summed E-state index contributed by atoms with van der Waals surface area (Å²) in [5, 5.41) is 12.7. The molecule has 0 saturated heterocycles. The first kappa shape index (κ1) is 12.1. The summed E-state index contributed by atoms with van der Waals surface area (Å²) in [6.07, 6.45) is 0. The Morgan fingerprint density at radius 1 is 1.18 bits per heavy atom. The second-order valence-corrected chi connectivity index (χ2v) is 5.50. The summed E-state index contributed by atoms with van der Waals surface area (Å²) in [5.41, 5.74) is 0. The second-order valence-electron chi connectivity index (χ2n) is 2.95. The van der Waals surface area contributed by atoms with Gasteiger partial charge in [0.15, 0.2) is 0 Å². The lowest BCUT2D eigenvalue weighted by molar-refractivity contribution is 0.601. The fourth-order valence-corrected chi connectivity index (χ4v) is 2.73. The van der Waals surface area contributed by atoms with Crippen molar-refractivity contribution >= 4 is 39.2 Å². The van der Waals surface area contributed by atoms with Gasteiger partial charge in [0.05, 0.1) is 4.90 Å². The largest absolute Gasteiger partial charge is 0.276 e. The number of sulfonamides is 1. The smallest absolute Gasteiger partial charge is 0.245 e. The van der Waals surface area contributed by atoms with Crippen LogP contribution in [0.4, 0.5) is 5.95 Å². The van der Waals surface area contributed by atoms with Crippen LogP contribution in [0.1, 0.15) is 0 Å². The second kappa shape index (κ2) is 4.47. The zero-order valence-corrected chi connectivity index (χ0v) is 10.4. The number of rotatable bonds is 3. The van der Waals surface area contributed by atoms with Crippen molar-refractivity contribution in [2.75, 3.05) is 4.72 Å². The molecule has 0 fully saturated rings. The summed E-state index contributed by atoms with van der Waals surface area (Å²) in [5.74, 6) is -0.166. The van der Waals surface area contributed by atoms with Crippen molar-refractivity contribution in [1.29, 1.82) is 0 Å². The Balaban J connectivity index is 2.38. The monoisotopic (exact) mass is 293 g/mol. The van der Waals surface area contributed by atoms with E-state index in [1.165, 1.54) is 18.2 Å². The van der Waals surface area contributed by atoms with E-state index in [0.717, 1.165) is 0 Å². The van der Waals surface area contributed by atoms with Gasteiger partial charge in [-0.05, 0) is 23.4 Å². The molecule has 2 N–H and O–H groups in total. The Morgan fingerprint density at radius 3 is 2.35 bits per heavy atom. The van der Waals surface area contributed by atoms with Gasteiger partial charge in [-0.2, -0.15) is 5.21 Å². The Bertz CT molecular complexity index is 607. The minimum absolute atomic E-state index is 0.0835. The molecule has 0 spiro atoms. The summed E-state index contributed by atoms with van der Waals surface area (Å²) in [4.78, 5) is -0.0835. The molecule has 0 bridgehead atoms. The van der Waals surface area contributed by atoms with Crippen LogP contribution in [0.15, 0.2) is 23.1 Å². The summed E-state index contributed by atoms with van der Waals surface area (Å²) in [6, 6.07) is 3.95. The SMILES string of the molecule is O=S(=O)(Nc1nn[nH]n1)c1cc(Cl)cc(Cl)c1. The number of aromatic nitrogens is 4. The van der Waals surface area contributed by atoms with Crippen LogP contribution in [0.2, 0.25) is 10.0 Å². The third-order valence-electron chi connectivity index (χ3n) is 1.72. The Kier molecular flexibility index (Phi) is 3.18. The number of H-pyrrole nitrogens is 1. The number of halogens is 2. The minimum Gasteiger partial charge on any atom is -0.245 e. The average Bonchev–Trinajstić information content (AvgIpc) is 2.68. The van der Waals surface area contributed by atoms with E-state index in [9.17, 15) is 8.42 Å². The van der Waals surface area contributed by atoms with Gasteiger partial charge < -0.3 is 0 Å². The molecule has 1 aromatic carbocycles. The average molecular weight is 294 g/mol. The molecule has 17 heavy (non-hydrogen) atoms. The number of nitrogens with one attached hydrogen (secondary N) is 2. The fraction of sp³-hybridized carbons (Fsp3) is 0. The number of aromatic amines is 1. The molecule has 1 heterocycles. The predicted molar refractivity (Wildman–Crippen MR) is 61.4 cm³/mol. The molecule has 90 valence electrons. The summed E-state index contributed by atoms with van der Waals surface area (Å²) in [7, 11) is -3.83. The molecule has 0 saturated carbocycles. The van der Waals surface area contributed by atoms with Crippen LogP contribution in [0.5, 0.6) is 0 Å². The van der Waals surface area contributed by atoms with Crippen molar-refractivity contribution in [1.82, 2.24) is 20.6 Å². The van der Waals surface area contributed by atoms with Gasteiger partial charge in [-0.1, -0.05) is 28.3 Å². The predicted octanol–water partition coefficient (Wildman–Crippen LogP) is 1.31. The number of nitrogens with zero attached hydrogens (tertiary/aromatic N) is 3. The van der Waals surface area contributed by atoms with Gasteiger partial charge in [0.25, 0.3) is 16.0 Å². The summed E-state index contributed by atoms with van der Waals surface area (Å²) >= 11 is 11.4. The Labute approximate surface area is 106 Å². The number of hydrogen-bond donors (Lipinski definition) is 2. The maximum Gasteiger partial charge on any atom is 0.276 e. The first-order valence-electron chi connectivity index (χ1n) is 4.20. The van der Waals surface area contributed by atoms with E-state index in [0.29, 0.717) is 0 Å². The molecular formula is C7H5Cl2N5O2S. The molecule has 2 rings (SSSR count).